The maximum absolute atomic E-state index is 13.2. The molecule has 1 unspecified atom stereocenters. The van der Waals surface area contributed by atoms with Crippen LogP contribution in [-0.2, 0) is 15.1 Å². The van der Waals surface area contributed by atoms with E-state index in [0.717, 1.165) is 0 Å². The van der Waals surface area contributed by atoms with Crippen molar-refractivity contribution in [3.8, 4) is 0 Å². The van der Waals surface area contributed by atoms with Crippen LogP contribution in [0.4, 0.5) is 4.39 Å². The molecule has 3 N–H and O–H groups in total. The van der Waals surface area contributed by atoms with Crippen LogP contribution in [0.2, 0.25) is 0 Å². The number of fused-ring (bicyclic) bond motifs is 1. The monoisotopic (exact) mass is 345 g/mol. The number of hydrogen-bond donors (Lipinski definition) is 2. The molecule has 5 nitrogen and oxygen atoms in total. The minimum atomic E-state index is -2.74. The van der Waals surface area contributed by atoms with Crippen molar-refractivity contribution < 1.29 is 22.7 Å². The lowest BCUT2D eigenvalue weighted by Crippen LogP contribution is -2.49. The van der Waals surface area contributed by atoms with E-state index in [-0.39, 0.29) is 16.0 Å². The molecule has 2 aromatic carbocycles. The number of aliphatic carboxylic acids is 1. The van der Waals surface area contributed by atoms with Gasteiger partial charge in [0.25, 0.3) is 0 Å². The molecule has 0 saturated carbocycles. The summed E-state index contributed by atoms with van der Waals surface area (Å²) in [6.45, 7) is 0. The number of carboxylic acid groups (broad SMARTS) is 1. The highest BCUT2D eigenvalue weighted by atomic mass is 32.2. The normalized spacial score (nSPS) is 16.8. The SMILES string of the molecule is NC1C(C(=O)O)=c2ccccc2=C(c2ccc(F)cc2)C1=S(=O)=O. The van der Waals surface area contributed by atoms with Gasteiger partial charge in [-0.05, 0) is 28.1 Å². The second kappa shape index (κ2) is 6.03. The van der Waals surface area contributed by atoms with Gasteiger partial charge in [0.1, 0.15) is 10.7 Å². The summed E-state index contributed by atoms with van der Waals surface area (Å²) < 4.78 is 36.8. The van der Waals surface area contributed by atoms with Gasteiger partial charge in [-0.25, -0.2) is 9.18 Å². The van der Waals surface area contributed by atoms with Gasteiger partial charge in [0.2, 0.25) is 10.3 Å². The molecule has 0 bridgehead atoms. The summed E-state index contributed by atoms with van der Waals surface area (Å²) in [6, 6.07) is 10.5. The Bertz CT molecular complexity index is 1090. The first-order valence-electron chi connectivity index (χ1n) is 6.96. The molecular weight excluding hydrogens is 333 g/mol. The minimum absolute atomic E-state index is 0.185. The predicted molar refractivity (Wildman–Crippen MR) is 87.5 cm³/mol. The molecule has 0 amide bonds. The number of benzene rings is 2. The van der Waals surface area contributed by atoms with Crippen molar-refractivity contribution in [1.29, 1.82) is 0 Å². The largest absolute Gasteiger partial charge is 0.478 e. The molecule has 1 aliphatic rings. The second-order valence-corrected chi connectivity index (χ2v) is 6.13. The molecule has 0 aromatic heterocycles. The smallest absolute Gasteiger partial charge is 0.334 e. The van der Waals surface area contributed by atoms with Crippen LogP contribution in [0, 0.1) is 5.82 Å². The fraction of sp³-hybridized carbons (Fsp3) is 0.0588. The Morgan fingerprint density at radius 1 is 1.04 bits per heavy atom. The standard InChI is InChI=1S/C17H12FNO4S/c18-10-7-5-9(6-8-10)13-11-3-1-2-4-12(11)14(17(20)21)15(19)16(13)24(22)23/h1-8,15H,19H2,(H,20,21). The summed E-state index contributed by atoms with van der Waals surface area (Å²) in [7, 11) is -2.74. The van der Waals surface area contributed by atoms with E-state index in [2.05, 4.69) is 0 Å². The fourth-order valence-corrected chi connectivity index (χ4v) is 3.59. The topological polar surface area (TPSA) is 97.5 Å². The average Bonchev–Trinajstić information content (AvgIpc) is 2.53. The lowest BCUT2D eigenvalue weighted by atomic mass is 9.86. The lowest BCUT2D eigenvalue weighted by Gasteiger charge is -2.21. The zero-order chi connectivity index (χ0) is 17.4. The first-order valence-corrected chi connectivity index (χ1v) is 8.04. The van der Waals surface area contributed by atoms with E-state index in [0.29, 0.717) is 16.0 Å². The zero-order valence-corrected chi connectivity index (χ0v) is 13.0. The summed E-state index contributed by atoms with van der Waals surface area (Å²) in [6.07, 6.45) is 0. The van der Waals surface area contributed by atoms with Crippen molar-refractivity contribution in [2.75, 3.05) is 0 Å². The van der Waals surface area contributed by atoms with Crippen LogP contribution >= 0.6 is 0 Å². The Morgan fingerprint density at radius 2 is 1.62 bits per heavy atom. The molecule has 1 atom stereocenters. The summed E-state index contributed by atoms with van der Waals surface area (Å²) in [4.78, 5) is 11.4. The van der Waals surface area contributed by atoms with Crippen LogP contribution < -0.4 is 16.2 Å². The molecule has 0 radical (unpaired) electrons. The number of carbonyl (C=O) groups is 1. The van der Waals surface area contributed by atoms with Crippen molar-refractivity contribution in [2.45, 2.75) is 6.04 Å². The van der Waals surface area contributed by atoms with E-state index in [9.17, 15) is 22.7 Å². The molecule has 2 aromatic rings. The van der Waals surface area contributed by atoms with Gasteiger partial charge in [0, 0.05) is 5.57 Å². The van der Waals surface area contributed by atoms with Gasteiger partial charge >= 0.3 is 5.97 Å². The molecule has 0 spiro atoms. The maximum Gasteiger partial charge on any atom is 0.334 e. The Kier molecular flexibility index (Phi) is 4.04. The molecule has 0 fully saturated rings. The first-order chi connectivity index (χ1) is 11.4. The Morgan fingerprint density at radius 3 is 2.17 bits per heavy atom. The average molecular weight is 345 g/mol. The van der Waals surface area contributed by atoms with Crippen LogP contribution in [0.25, 0.3) is 11.1 Å². The van der Waals surface area contributed by atoms with E-state index in [1.54, 1.807) is 24.3 Å². The van der Waals surface area contributed by atoms with Crippen molar-refractivity contribution in [3.63, 3.8) is 0 Å². The van der Waals surface area contributed by atoms with Gasteiger partial charge in [-0.15, -0.1) is 0 Å². The third-order valence-corrected chi connectivity index (χ3v) is 4.69. The molecule has 0 heterocycles. The number of halogens is 1. The van der Waals surface area contributed by atoms with E-state index in [1.165, 1.54) is 24.3 Å². The van der Waals surface area contributed by atoms with Gasteiger partial charge in [0.05, 0.1) is 11.6 Å². The summed E-state index contributed by atoms with van der Waals surface area (Å²) in [5, 5.41) is 10.2. The second-order valence-electron chi connectivity index (χ2n) is 5.22. The molecule has 0 saturated heterocycles. The van der Waals surface area contributed by atoms with Gasteiger partial charge in [-0.3, -0.25) is 0 Å². The van der Waals surface area contributed by atoms with E-state index >= 15 is 0 Å². The van der Waals surface area contributed by atoms with Gasteiger partial charge in [0.15, 0.2) is 0 Å². The van der Waals surface area contributed by atoms with Crippen LogP contribution in [0.15, 0.2) is 48.5 Å². The lowest BCUT2D eigenvalue weighted by molar-refractivity contribution is -0.130. The highest BCUT2D eigenvalue weighted by Gasteiger charge is 2.31. The zero-order valence-electron chi connectivity index (χ0n) is 12.2. The van der Waals surface area contributed by atoms with E-state index in [4.69, 9.17) is 5.73 Å². The summed E-state index contributed by atoms with van der Waals surface area (Å²) in [5.74, 6) is -1.74. The van der Waals surface area contributed by atoms with Crippen molar-refractivity contribution >= 4 is 32.3 Å². The highest BCUT2D eigenvalue weighted by molar-refractivity contribution is 7.74. The van der Waals surface area contributed by atoms with E-state index in [1.807, 2.05) is 0 Å². The molecule has 122 valence electrons. The number of carboxylic acids is 1. The number of nitrogens with two attached hydrogens (primary N) is 1. The van der Waals surface area contributed by atoms with Gasteiger partial charge in [-0.2, -0.15) is 8.42 Å². The summed E-state index contributed by atoms with van der Waals surface area (Å²) >= 11 is 0. The highest BCUT2D eigenvalue weighted by Crippen LogP contribution is 2.20. The third kappa shape index (κ3) is 2.53. The van der Waals surface area contributed by atoms with Gasteiger partial charge in [-0.1, -0.05) is 36.4 Å². The van der Waals surface area contributed by atoms with Crippen LogP contribution in [0.5, 0.6) is 0 Å². The number of hydrogen-bond acceptors (Lipinski definition) is 4. The van der Waals surface area contributed by atoms with Gasteiger partial charge < -0.3 is 10.8 Å². The molecule has 24 heavy (non-hydrogen) atoms. The maximum atomic E-state index is 13.2. The van der Waals surface area contributed by atoms with Crippen molar-refractivity contribution in [2.24, 2.45) is 5.73 Å². The quantitative estimate of drug-likeness (QED) is 0.726. The van der Waals surface area contributed by atoms with Crippen LogP contribution in [0.1, 0.15) is 5.56 Å². The third-order valence-electron chi connectivity index (χ3n) is 3.87. The van der Waals surface area contributed by atoms with Crippen LogP contribution in [0.3, 0.4) is 0 Å². The summed E-state index contributed by atoms with van der Waals surface area (Å²) in [5.41, 5.74) is 6.51. The van der Waals surface area contributed by atoms with E-state index < -0.39 is 28.1 Å². The number of rotatable bonds is 2. The van der Waals surface area contributed by atoms with Crippen molar-refractivity contribution in [1.82, 2.24) is 0 Å². The predicted octanol–water partition coefficient (Wildman–Crippen LogP) is -0.348. The molecular formula is C17H12FNO4S. The molecule has 3 rings (SSSR count). The van der Waals surface area contributed by atoms with Crippen molar-refractivity contribution in [3.05, 3.63) is 70.3 Å². The fourth-order valence-electron chi connectivity index (χ4n) is 2.87. The molecule has 1 aliphatic carbocycles. The Hall–Kier alpha value is -2.77. The Balaban J connectivity index is 2.59. The Labute approximate surface area is 137 Å². The van der Waals surface area contributed by atoms with Crippen LogP contribution in [-0.4, -0.2) is 30.4 Å². The minimum Gasteiger partial charge on any atom is -0.478 e. The molecule has 7 heteroatoms. The first kappa shape index (κ1) is 16.1. The molecule has 0 aliphatic heterocycles.